The molecule has 0 bridgehead atoms. The zero-order chi connectivity index (χ0) is 13.8. The lowest BCUT2D eigenvalue weighted by Gasteiger charge is -2.08. The van der Waals surface area contributed by atoms with E-state index in [-0.39, 0.29) is 28.8 Å². The summed E-state index contributed by atoms with van der Waals surface area (Å²) in [6.45, 7) is 2.43. The first-order valence-electron chi connectivity index (χ1n) is 5.74. The van der Waals surface area contributed by atoms with E-state index in [0.717, 1.165) is 5.56 Å². The van der Waals surface area contributed by atoms with Crippen LogP contribution in [-0.4, -0.2) is 9.78 Å². The molecule has 4 nitrogen and oxygen atoms in total. The highest BCUT2D eigenvalue weighted by Crippen LogP contribution is 2.19. The molecule has 1 aromatic heterocycles. The van der Waals surface area contributed by atoms with Gasteiger partial charge in [-0.2, -0.15) is 5.10 Å². The van der Waals surface area contributed by atoms with Crippen LogP contribution in [0.5, 0.6) is 5.75 Å². The molecule has 100 valence electrons. The van der Waals surface area contributed by atoms with Crippen LogP contribution in [0.4, 0.5) is 4.39 Å². The van der Waals surface area contributed by atoms with Crippen molar-refractivity contribution in [1.29, 1.82) is 0 Å². The molecule has 0 saturated carbocycles. The Morgan fingerprint density at radius 1 is 1.37 bits per heavy atom. The third-order valence-electron chi connectivity index (χ3n) is 2.56. The average Bonchev–Trinajstić information content (AvgIpc) is 2.42. The topological polar surface area (TPSA) is 44.1 Å². The highest BCUT2D eigenvalue weighted by molar-refractivity contribution is 6.31. The van der Waals surface area contributed by atoms with E-state index in [1.807, 2.05) is 0 Å². The lowest BCUT2D eigenvalue weighted by molar-refractivity contribution is 0.302. The molecule has 0 amide bonds. The third kappa shape index (κ3) is 3.12. The van der Waals surface area contributed by atoms with Gasteiger partial charge >= 0.3 is 0 Å². The summed E-state index contributed by atoms with van der Waals surface area (Å²) in [5, 5.41) is 3.92. The van der Waals surface area contributed by atoms with Gasteiger partial charge in [0, 0.05) is 6.54 Å². The molecule has 0 radical (unpaired) electrons. The molecule has 0 saturated heterocycles. The molecule has 2 aromatic rings. The fourth-order valence-corrected chi connectivity index (χ4v) is 1.72. The first kappa shape index (κ1) is 13.5. The average molecular weight is 283 g/mol. The molecule has 0 fully saturated rings. The van der Waals surface area contributed by atoms with E-state index < -0.39 is 0 Å². The zero-order valence-electron chi connectivity index (χ0n) is 10.3. The quantitative estimate of drug-likeness (QED) is 0.866. The second-order valence-corrected chi connectivity index (χ2v) is 4.24. The van der Waals surface area contributed by atoms with Gasteiger partial charge in [-0.05, 0) is 24.6 Å². The summed E-state index contributed by atoms with van der Waals surface area (Å²) in [6, 6.07) is 5.88. The molecule has 6 heteroatoms. The highest BCUT2D eigenvalue weighted by Gasteiger charge is 2.09. The standard InChI is InChI=1S/C13H12ClFN2O2/c1-2-17-13(18)12(14)11(7-16-17)19-8-9-3-5-10(15)6-4-9/h3-7H,2,8H2,1H3. The summed E-state index contributed by atoms with van der Waals surface area (Å²) in [7, 11) is 0. The number of aromatic nitrogens is 2. The van der Waals surface area contributed by atoms with Gasteiger partial charge < -0.3 is 4.74 Å². The van der Waals surface area contributed by atoms with E-state index in [0.29, 0.717) is 6.54 Å². The van der Waals surface area contributed by atoms with E-state index in [9.17, 15) is 9.18 Å². The number of nitrogens with zero attached hydrogens (tertiary/aromatic N) is 2. The van der Waals surface area contributed by atoms with Crippen LogP contribution in [0.3, 0.4) is 0 Å². The summed E-state index contributed by atoms with van der Waals surface area (Å²) < 4.78 is 19.4. The van der Waals surface area contributed by atoms with Gasteiger partial charge in [0.2, 0.25) is 0 Å². The molecule has 19 heavy (non-hydrogen) atoms. The van der Waals surface area contributed by atoms with E-state index >= 15 is 0 Å². The molecule has 0 atom stereocenters. The van der Waals surface area contributed by atoms with Crippen molar-refractivity contribution in [2.45, 2.75) is 20.1 Å². The lowest BCUT2D eigenvalue weighted by atomic mass is 10.2. The lowest BCUT2D eigenvalue weighted by Crippen LogP contribution is -2.22. The van der Waals surface area contributed by atoms with Crippen LogP contribution in [0.15, 0.2) is 35.3 Å². The van der Waals surface area contributed by atoms with E-state index in [1.54, 1.807) is 19.1 Å². The maximum atomic E-state index is 12.7. The molecule has 0 spiro atoms. The summed E-state index contributed by atoms with van der Waals surface area (Å²) in [6.07, 6.45) is 1.40. The minimum absolute atomic E-state index is 0.000961. The maximum absolute atomic E-state index is 12.7. The Balaban J connectivity index is 2.14. The fourth-order valence-electron chi connectivity index (χ4n) is 1.52. The molecular weight excluding hydrogens is 271 g/mol. The summed E-state index contributed by atoms with van der Waals surface area (Å²) in [4.78, 5) is 11.7. The molecule has 1 aromatic carbocycles. The Kier molecular flexibility index (Phi) is 4.16. The maximum Gasteiger partial charge on any atom is 0.289 e. The van der Waals surface area contributed by atoms with Gasteiger partial charge in [-0.25, -0.2) is 9.07 Å². The number of rotatable bonds is 4. The van der Waals surface area contributed by atoms with E-state index in [4.69, 9.17) is 16.3 Å². The smallest absolute Gasteiger partial charge is 0.289 e. The Labute approximate surface area is 114 Å². The van der Waals surface area contributed by atoms with Crippen molar-refractivity contribution < 1.29 is 9.13 Å². The molecule has 0 unspecified atom stereocenters. The minimum Gasteiger partial charge on any atom is -0.485 e. The molecule has 0 aliphatic rings. The molecule has 0 N–H and O–H groups in total. The van der Waals surface area contributed by atoms with Crippen LogP contribution >= 0.6 is 11.6 Å². The first-order valence-corrected chi connectivity index (χ1v) is 6.12. The van der Waals surface area contributed by atoms with Crippen molar-refractivity contribution in [2.75, 3.05) is 0 Å². The van der Waals surface area contributed by atoms with Crippen molar-refractivity contribution in [3.63, 3.8) is 0 Å². The van der Waals surface area contributed by atoms with Crippen molar-refractivity contribution in [2.24, 2.45) is 0 Å². The number of halogens is 2. The van der Waals surface area contributed by atoms with Crippen molar-refractivity contribution in [3.05, 3.63) is 57.2 Å². The van der Waals surface area contributed by atoms with Crippen LogP contribution in [0.25, 0.3) is 0 Å². The Morgan fingerprint density at radius 3 is 2.68 bits per heavy atom. The SMILES string of the molecule is CCn1ncc(OCc2ccc(F)cc2)c(Cl)c1=O. The van der Waals surface area contributed by atoms with E-state index in [2.05, 4.69) is 5.10 Å². The Bertz CT molecular complexity index is 626. The first-order chi connectivity index (χ1) is 9.11. The van der Waals surface area contributed by atoms with Crippen molar-refractivity contribution in [1.82, 2.24) is 9.78 Å². The number of ether oxygens (including phenoxy) is 1. The predicted molar refractivity (Wildman–Crippen MR) is 69.9 cm³/mol. The Hall–Kier alpha value is -1.88. The molecule has 2 rings (SSSR count). The third-order valence-corrected chi connectivity index (χ3v) is 2.91. The van der Waals surface area contributed by atoms with Gasteiger partial charge in [0.15, 0.2) is 10.8 Å². The normalized spacial score (nSPS) is 10.5. The van der Waals surface area contributed by atoms with Gasteiger partial charge in [-0.3, -0.25) is 4.79 Å². The van der Waals surface area contributed by atoms with E-state index in [1.165, 1.54) is 23.0 Å². The van der Waals surface area contributed by atoms with Gasteiger partial charge in [0.05, 0.1) is 6.20 Å². The van der Waals surface area contributed by atoms with Crippen LogP contribution in [0.2, 0.25) is 5.02 Å². The second-order valence-electron chi connectivity index (χ2n) is 3.86. The summed E-state index contributed by atoms with van der Waals surface area (Å²) >= 11 is 5.91. The number of hydrogen-bond donors (Lipinski definition) is 0. The number of aryl methyl sites for hydroxylation is 1. The van der Waals surface area contributed by atoms with Gasteiger partial charge in [0.25, 0.3) is 5.56 Å². The molecular formula is C13H12ClFN2O2. The summed E-state index contributed by atoms with van der Waals surface area (Å²) in [5.74, 6) is -0.0883. The second kappa shape index (κ2) is 5.84. The van der Waals surface area contributed by atoms with Crippen LogP contribution in [0.1, 0.15) is 12.5 Å². The van der Waals surface area contributed by atoms with Crippen molar-refractivity contribution >= 4 is 11.6 Å². The number of benzene rings is 1. The largest absolute Gasteiger partial charge is 0.485 e. The molecule has 1 heterocycles. The monoisotopic (exact) mass is 282 g/mol. The minimum atomic E-state index is -0.388. The number of hydrogen-bond acceptors (Lipinski definition) is 3. The van der Waals surface area contributed by atoms with Gasteiger partial charge in [-0.15, -0.1) is 0 Å². The van der Waals surface area contributed by atoms with Crippen LogP contribution < -0.4 is 10.3 Å². The zero-order valence-corrected chi connectivity index (χ0v) is 11.0. The molecule has 0 aliphatic carbocycles. The predicted octanol–water partition coefficient (Wildman–Crippen LogP) is 2.63. The fraction of sp³-hybridized carbons (Fsp3) is 0.231. The van der Waals surface area contributed by atoms with Crippen LogP contribution in [0, 0.1) is 5.82 Å². The highest BCUT2D eigenvalue weighted by atomic mass is 35.5. The van der Waals surface area contributed by atoms with Crippen molar-refractivity contribution in [3.8, 4) is 5.75 Å². The summed E-state index contributed by atoms with van der Waals surface area (Å²) in [5.41, 5.74) is 0.387. The molecule has 0 aliphatic heterocycles. The van der Waals surface area contributed by atoms with Gasteiger partial charge in [-0.1, -0.05) is 23.7 Å². The Morgan fingerprint density at radius 2 is 2.05 bits per heavy atom. The van der Waals surface area contributed by atoms with Crippen LogP contribution in [-0.2, 0) is 13.2 Å². The van der Waals surface area contributed by atoms with Gasteiger partial charge in [0.1, 0.15) is 12.4 Å².